The lowest BCUT2D eigenvalue weighted by Gasteiger charge is -2.18. The highest BCUT2D eigenvalue weighted by Gasteiger charge is 2.52. The maximum Gasteiger partial charge on any atom is 0.305 e. The van der Waals surface area contributed by atoms with E-state index in [1.54, 1.807) is 7.11 Å². The van der Waals surface area contributed by atoms with Crippen LogP contribution in [0.5, 0.6) is 5.75 Å². The lowest BCUT2D eigenvalue weighted by Crippen LogP contribution is -2.36. The van der Waals surface area contributed by atoms with Gasteiger partial charge in [-0.1, -0.05) is 18.2 Å². The maximum atomic E-state index is 12.2. The highest BCUT2D eigenvalue weighted by molar-refractivity contribution is 5.92. The van der Waals surface area contributed by atoms with Gasteiger partial charge in [-0.05, 0) is 18.9 Å². The summed E-state index contributed by atoms with van der Waals surface area (Å²) < 4.78 is 5.29. The molecule has 5 heteroatoms. The number of aliphatic carboxylic acids is 1. The molecule has 2 rings (SSSR count). The topological polar surface area (TPSA) is 75.6 Å². The zero-order chi connectivity index (χ0) is 13.9. The van der Waals surface area contributed by atoms with Crippen LogP contribution in [0.25, 0.3) is 0 Å². The fourth-order valence-corrected chi connectivity index (χ4v) is 2.24. The van der Waals surface area contributed by atoms with Crippen molar-refractivity contribution in [1.82, 2.24) is 5.32 Å². The number of para-hydroxylation sites is 1. The van der Waals surface area contributed by atoms with E-state index in [0.29, 0.717) is 5.75 Å². The van der Waals surface area contributed by atoms with Crippen molar-refractivity contribution in [3.05, 3.63) is 29.8 Å². The van der Waals surface area contributed by atoms with Gasteiger partial charge in [-0.3, -0.25) is 9.59 Å². The Hall–Kier alpha value is -2.04. The highest BCUT2D eigenvalue weighted by atomic mass is 16.5. The number of carbonyl (C=O) groups excluding carboxylic acids is 1. The van der Waals surface area contributed by atoms with Crippen molar-refractivity contribution in [2.24, 2.45) is 0 Å². The van der Waals surface area contributed by atoms with Crippen LogP contribution in [0.15, 0.2) is 24.3 Å². The lowest BCUT2D eigenvalue weighted by atomic mass is 9.94. The molecule has 1 aliphatic rings. The number of nitrogens with one attached hydrogen (secondary N) is 1. The largest absolute Gasteiger partial charge is 0.496 e. The molecule has 1 amide bonds. The van der Waals surface area contributed by atoms with E-state index in [4.69, 9.17) is 9.84 Å². The first-order chi connectivity index (χ1) is 9.10. The molecule has 2 N–H and O–H groups in total. The summed E-state index contributed by atoms with van der Waals surface area (Å²) in [5.41, 5.74) is 0.343. The average molecular weight is 263 g/mol. The quantitative estimate of drug-likeness (QED) is 0.811. The second kappa shape index (κ2) is 5.30. The van der Waals surface area contributed by atoms with E-state index in [1.807, 2.05) is 24.3 Å². The van der Waals surface area contributed by atoms with E-state index in [0.717, 1.165) is 18.4 Å². The van der Waals surface area contributed by atoms with Gasteiger partial charge in [0, 0.05) is 12.1 Å². The number of amides is 1. The third-order valence-electron chi connectivity index (χ3n) is 3.43. The summed E-state index contributed by atoms with van der Waals surface area (Å²) in [5, 5.41) is 11.3. The van der Waals surface area contributed by atoms with Crippen LogP contribution in [0, 0.1) is 0 Å². The summed E-state index contributed by atoms with van der Waals surface area (Å²) in [5.74, 6) is -0.325. The molecule has 0 radical (unpaired) electrons. The minimum atomic E-state index is -0.914. The van der Waals surface area contributed by atoms with Gasteiger partial charge in [0.2, 0.25) is 5.91 Å². The molecule has 1 aromatic carbocycles. The molecule has 0 heterocycles. The monoisotopic (exact) mass is 263 g/mol. The number of ether oxygens (including phenoxy) is 1. The zero-order valence-corrected chi connectivity index (χ0v) is 10.8. The number of methoxy groups -OCH3 is 1. The van der Waals surface area contributed by atoms with Crippen LogP contribution in [-0.4, -0.2) is 30.6 Å². The Bertz CT molecular complexity index is 494. The van der Waals surface area contributed by atoms with E-state index in [1.165, 1.54) is 0 Å². The van der Waals surface area contributed by atoms with Crippen molar-refractivity contribution in [2.45, 2.75) is 24.7 Å². The van der Waals surface area contributed by atoms with Crippen LogP contribution < -0.4 is 10.1 Å². The van der Waals surface area contributed by atoms with Gasteiger partial charge in [-0.25, -0.2) is 0 Å². The first-order valence-electron chi connectivity index (χ1n) is 6.24. The van der Waals surface area contributed by atoms with Crippen LogP contribution in [-0.2, 0) is 15.0 Å². The summed E-state index contributed by atoms with van der Waals surface area (Å²) in [6.45, 7) is 0.158. The Balaban J connectivity index is 2.10. The van der Waals surface area contributed by atoms with Gasteiger partial charge in [0.25, 0.3) is 0 Å². The van der Waals surface area contributed by atoms with Crippen molar-refractivity contribution < 1.29 is 19.4 Å². The lowest BCUT2D eigenvalue weighted by molar-refractivity contribution is -0.137. The molecule has 5 nitrogen and oxygen atoms in total. The molecule has 0 aromatic heterocycles. The molecule has 1 aliphatic carbocycles. The Labute approximate surface area is 111 Å². The molecular formula is C14H17NO4. The Kier molecular flexibility index (Phi) is 3.74. The van der Waals surface area contributed by atoms with Gasteiger partial charge >= 0.3 is 5.97 Å². The van der Waals surface area contributed by atoms with Gasteiger partial charge in [0.05, 0.1) is 18.9 Å². The molecule has 1 aromatic rings. The van der Waals surface area contributed by atoms with Crippen molar-refractivity contribution >= 4 is 11.9 Å². The highest BCUT2D eigenvalue weighted by Crippen LogP contribution is 2.51. The molecule has 102 valence electrons. The molecule has 1 fully saturated rings. The minimum Gasteiger partial charge on any atom is -0.496 e. The van der Waals surface area contributed by atoms with Crippen LogP contribution in [0.1, 0.15) is 24.8 Å². The predicted octanol–water partition coefficient (Wildman–Crippen LogP) is 1.32. The van der Waals surface area contributed by atoms with Gasteiger partial charge in [-0.2, -0.15) is 0 Å². The summed E-state index contributed by atoms with van der Waals surface area (Å²) in [7, 11) is 1.58. The van der Waals surface area contributed by atoms with E-state index in [-0.39, 0.29) is 18.9 Å². The van der Waals surface area contributed by atoms with Gasteiger partial charge in [0.15, 0.2) is 0 Å². The molecule has 0 spiro atoms. The maximum absolute atomic E-state index is 12.2. The first kappa shape index (κ1) is 13.4. The van der Waals surface area contributed by atoms with E-state index < -0.39 is 11.4 Å². The molecule has 0 atom stereocenters. The second-order valence-corrected chi connectivity index (χ2v) is 4.68. The molecule has 0 bridgehead atoms. The Morgan fingerprint density at radius 3 is 2.63 bits per heavy atom. The fourth-order valence-electron chi connectivity index (χ4n) is 2.24. The minimum absolute atomic E-state index is 0.0618. The van der Waals surface area contributed by atoms with Crippen molar-refractivity contribution in [3.8, 4) is 5.75 Å². The zero-order valence-electron chi connectivity index (χ0n) is 10.8. The summed E-state index contributed by atoms with van der Waals surface area (Å²) in [4.78, 5) is 22.7. The number of carboxylic acid groups (broad SMARTS) is 1. The standard InChI is InChI=1S/C14H17NO4/c1-19-11-5-3-2-4-10(11)14(7-8-14)13(18)15-9-6-12(16)17/h2-5H,6-9H2,1H3,(H,15,18)(H,16,17). The SMILES string of the molecule is COc1ccccc1C1(C(=O)NCCC(=O)O)CC1. The Morgan fingerprint density at radius 1 is 1.37 bits per heavy atom. The summed E-state index contributed by atoms with van der Waals surface area (Å²) in [6, 6.07) is 7.46. The molecule has 0 aliphatic heterocycles. The van der Waals surface area contributed by atoms with E-state index in [2.05, 4.69) is 5.32 Å². The summed E-state index contributed by atoms with van der Waals surface area (Å²) in [6.07, 6.45) is 1.48. The van der Waals surface area contributed by atoms with E-state index >= 15 is 0 Å². The Morgan fingerprint density at radius 2 is 2.05 bits per heavy atom. The summed E-state index contributed by atoms with van der Waals surface area (Å²) >= 11 is 0. The second-order valence-electron chi connectivity index (χ2n) is 4.68. The molecular weight excluding hydrogens is 246 g/mol. The molecule has 19 heavy (non-hydrogen) atoms. The fraction of sp³-hybridized carbons (Fsp3) is 0.429. The van der Waals surface area contributed by atoms with Gasteiger partial charge in [0.1, 0.15) is 5.75 Å². The molecule has 0 saturated heterocycles. The van der Waals surface area contributed by atoms with Gasteiger partial charge < -0.3 is 15.2 Å². The smallest absolute Gasteiger partial charge is 0.305 e. The normalized spacial score (nSPS) is 15.6. The van der Waals surface area contributed by atoms with E-state index in [9.17, 15) is 9.59 Å². The van der Waals surface area contributed by atoms with Crippen LogP contribution in [0.3, 0.4) is 0 Å². The van der Waals surface area contributed by atoms with Crippen molar-refractivity contribution in [2.75, 3.05) is 13.7 Å². The molecule has 1 saturated carbocycles. The van der Waals surface area contributed by atoms with Crippen LogP contribution in [0.4, 0.5) is 0 Å². The third-order valence-corrected chi connectivity index (χ3v) is 3.43. The predicted molar refractivity (Wildman–Crippen MR) is 69.2 cm³/mol. The first-order valence-corrected chi connectivity index (χ1v) is 6.24. The average Bonchev–Trinajstić information content (AvgIpc) is 3.19. The number of hydrogen-bond acceptors (Lipinski definition) is 3. The third kappa shape index (κ3) is 2.70. The number of rotatable bonds is 6. The van der Waals surface area contributed by atoms with Gasteiger partial charge in [-0.15, -0.1) is 0 Å². The van der Waals surface area contributed by atoms with Crippen LogP contribution in [0.2, 0.25) is 0 Å². The van der Waals surface area contributed by atoms with Crippen molar-refractivity contribution in [3.63, 3.8) is 0 Å². The number of hydrogen-bond donors (Lipinski definition) is 2. The molecule has 0 unspecified atom stereocenters. The number of benzene rings is 1. The number of carbonyl (C=O) groups is 2. The van der Waals surface area contributed by atoms with Crippen LogP contribution >= 0.6 is 0 Å². The number of carboxylic acids is 1. The van der Waals surface area contributed by atoms with Crippen molar-refractivity contribution in [1.29, 1.82) is 0 Å².